The Morgan fingerprint density at radius 1 is 0.580 bits per heavy atom. The number of allylic oxidation sites excluding steroid dienone is 7. The molecule has 0 bridgehead atoms. The van der Waals surface area contributed by atoms with Crippen LogP contribution in [0.1, 0.15) is 160 Å². The summed E-state index contributed by atoms with van der Waals surface area (Å²) >= 11 is 0. The fourth-order valence-corrected chi connectivity index (χ4v) is 13.0. The Hall–Kier alpha value is -5.80. The van der Waals surface area contributed by atoms with Crippen molar-refractivity contribution in [1.82, 2.24) is 0 Å². The molecule has 9 rings (SSSR count). The zero-order valence-corrected chi connectivity index (χ0v) is 44.9. The molecule has 4 aliphatic rings. The number of nitrogens with zero attached hydrogens (tertiary/aromatic N) is 2. The third-order valence-corrected chi connectivity index (χ3v) is 16.0. The molecule has 0 amide bonds. The first-order chi connectivity index (χ1) is 32.1. The van der Waals surface area contributed by atoms with Gasteiger partial charge in [0.05, 0.1) is 0 Å². The average Bonchev–Trinajstić information content (AvgIpc) is 3.55. The highest BCUT2D eigenvalue weighted by atomic mass is 15.2. The first-order valence-electron chi connectivity index (χ1n) is 25.5. The van der Waals surface area contributed by atoms with E-state index in [0.29, 0.717) is 0 Å². The van der Waals surface area contributed by atoms with E-state index in [2.05, 4.69) is 242 Å². The average molecular weight is 909 g/mol. The smallest absolute Gasteiger partial charge is 0.252 e. The van der Waals surface area contributed by atoms with E-state index in [1.54, 1.807) is 0 Å². The summed E-state index contributed by atoms with van der Waals surface area (Å²) in [5.41, 5.74) is 24.7. The first-order valence-corrected chi connectivity index (χ1v) is 25.5. The molecule has 3 heteroatoms. The van der Waals surface area contributed by atoms with E-state index >= 15 is 0 Å². The molecule has 0 unspecified atom stereocenters. The van der Waals surface area contributed by atoms with Crippen LogP contribution in [0.25, 0.3) is 12.2 Å². The number of hydrogen-bond acceptors (Lipinski definition) is 2. The fourth-order valence-electron chi connectivity index (χ4n) is 13.0. The van der Waals surface area contributed by atoms with Crippen molar-refractivity contribution in [3.05, 3.63) is 190 Å². The predicted molar refractivity (Wildman–Crippen MR) is 304 cm³/mol. The van der Waals surface area contributed by atoms with Gasteiger partial charge in [-0.15, -0.1) is 0 Å². The van der Waals surface area contributed by atoms with E-state index < -0.39 is 0 Å². The maximum Gasteiger partial charge on any atom is 0.252 e. The van der Waals surface area contributed by atoms with E-state index in [1.165, 1.54) is 94.9 Å². The van der Waals surface area contributed by atoms with Gasteiger partial charge in [0, 0.05) is 34.1 Å². The van der Waals surface area contributed by atoms with Gasteiger partial charge < -0.3 is 9.80 Å². The molecular weight excluding hydrogens is 832 g/mol. The van der Waals surface area contributed by atoms with Crippen molar-refractivity contribution < 1.29 is 0 Å². The lowest BCUT2D eigenvalue weighted by molar-refractivity contribution is 0.402. The van der Waals surface area contributed by atoms with Gasteiger partial charge in [0.2, 0.25) is 0 Å². The van der Waals surface area contributed by atoms with Gasteiger partial charge in [0.25, 0.3) is 6.71 Å². The summed E-state index contributed by atoms with van der Waals surface area (Å²) in [6, 6.07) is 31.4. The molecule has 354 valence electrons. The van der Waals surface area contributed by atoms with Gasteiger partial charge >= 0.3 is 0 Å². The standard InChI is InChI=1S/C66H77BN2/c1-19-20-21-22-23-45-27-31-53-56(36-45)69(55-37-48(62(8,9)10)28-24-43(55)3)59-33-42(2)32-58-60(59)67(53)54-38-51-52(66(17,18)41-65(51,15)16)39-57(54)68(58)44(4)25-29-47(61(5,6)7)34-46-26-30-49-50(35-46)64(13,14)40-63(49,11)12/h19-39H,1,4,40-41H2,2-3,5-18H3/b21-20-,23-22?,29-25-,47-34?. The van der Waals surface area contributed by atoms with Crippen molar-refractivity contribution in [2.75, 3.05) is 9.80 Å². The molecule has 5 aromatic carbocycles. The van der Waals surface area contributed by atoms with Crippen molar-refractivity contribution in [1.29, 1.82) is 0 Å². The molecule has 5 aromatic rings. The Labute approximate surface area is 417 Å². The summed E-state index contributed by atoms with van der Waals surface area (Å²) in [5, 5.41) is 0. The summed E-state index contributed by atoms with van der Waals surface area (Å²) < 4.78 is 0. The lowest BCUT2D eigenvalue weighted by atomic mass is 9.33. The third kappa shape index (κ3) is 8.36. The second-order valence-corrected chi connectivity index (χ2v) is 25.7. The Balaban J connectivity index is 1.28. The Morgan fingerprint density at radius 3 is 1.86 bits per heavy atom. The van der Waals surface area contributed by atoms with Crippen LogP contribution in [0.3, 0.4) is 0 Å². The summed E-state index contributed by atoms with van der Waals surface area (Å²) in [5.74, 6) is 0. The molecule has 2 aliphatic heterocycles. The van der Waals surface area contributed by atoms with E-state index in [1.807, 2.05) is 12.2 Å². The zero-order valence-electron chi connectivity index (χ0n) is 44.9. The molecule has 0 spiro atoms. The number of fused-ring (bicyclic) bond motifs is 6. The summed E-state index contributed by atoms with van der Waals surface area (Å²) in [4.78, 5) is 5.10. The minimum atomic E-state index is -0.103. The molecule has 0 radical (unpaired) electrons. The lowest BCUT2D eigenvalue weighted by Gasteiger charge is -2.45. The third-order valence-electron chi connectivity index (χ3n) is 16.0. The van der Waals surface area contributed by atoms with Crippen LogP contribution in [0.5, 0.6) is 0 Å². The summed E-state index contributed by atoms with van der Waals surface area (Å²) in [6.07, 6.45) is 19.5. The van der Waals surface area contributed by atoms with Crippen LogP contribution in [-0.2, 0) is 27.1 Å². The molecule has 69 heavy (non-hydrogen) atoms. The Morgan fingerprint density at radius 2 is 1.20 bits per heavy atom. The number of benzene rings is 5. The number of hydrogen-bond donors (Lipinski definition) is 0. The zero-order chi connectivity index (χ0) is 50.0. The van der Waals surface area contributed by atoms with Crippen molar-refractivity contribution in [3.63, 3.8) is 0 Å². The molecule has 2 aliphatic carbocycles. The van der Waals surface area contributed by atoms with Crippen molar-refractivity contribution in [2.45, 2.75) is 151 Å². The van der Waals surface area contributed by atoms with E-state index in [-0.39, 0.29) is 39.2 Å². The van der Waals surface area contributed by atoms with Crippen LogP contribution in [0.2, 0.25) is 0 Å². The van der Waals surface area contributed by atoms with Crippen molar-refractivity contribution in [2.24, 2.45) is 5.41 Å². The molecule has 0 fully saturated rings. The monoisotopic (exact) mass is 909 g/mol. The molecule has 0 atom stereocenters. The molecule has 2 nitrogen and oxygen atoms in total. The van der Waals surface area contributed by atoms with E-state index in [9.17, 15) is 0 Å². The van der Waals surface area contributed by atoms with Crippen LogP contribution >= 0.6 is 0 Å². The Bertz CT molecular complexity index is 3090. The number of rotatable bonds is 8. The van der Waals surface area contributed by atoms with Crippen LogP contribution in [0, 0.1) is 19.3 Å². The van der Waals surface area contributed by atoms with Gasteiger partial charge in [-0.25, -0.2) is 0 Å². The highest BCUT2D eigenvalue weighted by Crippen LogP contribution is 2.53. The quantitative estimate of drug-likeness (QED) is 0.111. The Kier molecular flexibility index (Phi) is 11.5. The highest BCUT2D eigenvalue weighted by molar-refractivity contribution is 7.00. The maximum atomic E-state index is 5.01. The minimum absolute atomic E-state index is 0.0126. The van der Waals surface area contributed by atoms with Crippen LogP contribution < -0.4 is 26.2 Å². The predicted octanol–water partition coefficient (Wildman–Crippen LogP) is 16.2. The topological polar surface area (TPSA) is 6.48 Å². The second-order valence-electron chi connectivity index (χ2n) is 25.7. The van der Waals surface area contributed by atoms with E-state index in [4.69, 9.17) is 6.58 Å². The van der Waals surface area contributed by atoms with Crippen LogP contribution in [0.4, 0.5) is 28.4 Å². The van der Waals surface area contributed by atoms with Crippen LogP contribution in [-0.4, -0.2) is 6.71 Å². The molecule has 0 N–H and O–H groups in total. The summed E-state index contributed by atoms with van der Waals surface area (Å²) in [6.45, 7) is 46.8. The highest BCUT2D eigenvalue weighted by Gasteiger charge is 2.48. The van der Waals surface area contributed by atoms with Gasteiger partial charge in [-0.1, -0.05) is 201 Å². The SMILES string of the molecule is C=C/C=C\C=Cc1ccc2c(c1)N(c1cc(C(C)(C)C)ccc1C)c1cc(C)cc3c1B2c1cc2c(cc1N3C(=C)/C=C\C(=Cc1ccc3c(c1)C(C)(C)CC3(C)C)C(C)(C)C)C(C)(C)CC2(C)C. The number of aryl methyl sites for hydroxylation is 2. The van der Waals surface area contributed by atoms with Gasteiger partial charge in [-0.2, -0.15) is 0 Å². The van der Waals surface area contributed by atoms with E-state index in [0.717, 1.165) is 24.1 Å². The maximum absolute atomic E-state index is 5.01. The molecule has 0 saturated heterocycles. The first kappa shape index (κ1) is 48.2. The largest absolute Gasteiger partial charge is 0.312 e. The second kappa shape index (κ2) is 16.4. The van der Waals surface area contributed by atoms with Gasteiger partial charge in [0.1, 0.15) is 0 Å². The normalized spacial score (nSPS) is 18.4. The molecule has 2 heterocycles. The van der Waals surface area contributed by atoms with Crippen molar-refractivity contribution >= 4 is 63.7 Å². The lowest BCUT2D eigenvalue weighted by Crippen LogP contribution is -2.62. The summed E-state index contributed by atoms with van der Waals surface area (Å²) in [7, 11) is 0. The van der Waals surface area contributed by atoms with Crippen molar-refractivity contribution in [3.8, 4) is 0 Å². The number of anilines is 5. The molecule has 0 aromatic heterocycles. The van der Waals surface area contributed by atoms with Gasteiger partial charge in [0.15, 0.2) is 0 Å². The fraction of sp³-hybridized carbons (Fsp3) is 0.364. The van der Waals surface area contributed by atoms with Crippen LogP contribution in [0.15, 0.2) is 140 Å². The minimum Gasteiger partial charge on any atom is -0.312 e. The molecule has 0 saturated carbocycles. The molecular formula is C66H77BN2. The van der Waals surface area contributed by atoms with Gasteiger partial charge in [-0.3, -0.25) is 0 Å². The van der Waals surface area contributed by atoms with Gasteiger partial charge in [-0.05, 0) is 168 Å².